The number of fused-ring (bicyclic) bond motifs is 1. The number of ether oxygens (including phenoxy) is 2. The number of hydrogen-bond donors (Lipinski definition) is 1. The van der Waals surface area contributed by atoms with Crippen molar-refractivity contribution in [2.45, 2.75) is 18.4 Å². The van der Waals surface area contributed by atoms with Crippen LogP contribution in [0.25, 0.3) is 0 Å². The minimum absolute atomic E-state index is 0.122. The van der Waals surface area contributed by atoms with Crippen LogP contribution in [-0.4, -0.2) is 11.9 Å². The summed E-state index contributed by atoms with van der Waals surface area (Å²) in [7, 11) is 0. The van der Waals surface area contributed by atoms with Gasteiger partial charge in [-0.2, -0.15) is 0 Å². The molecule has 1 saturated carbocycles. The van der Waals surface area contributed by atoms with E-state index in [0.29, 0.717) is 29.9 Å². The number of halogens is 1. The molecule has 74 valence electrons. The molecule has 14 heavy (non-hydrogen) atoms. The molecule has 0 unspecified atom stereocenters. The lowest BCUT2D eigenvalue weighted by Gasteiger charge is -2.09. The van der Waals surface area contributed by atoms with E-state index >= 15 is 0 Å². The van der Waals surface area contributed by atoms with E-state index < -0.39 is 11.4 Å². The lowest BCUT2D eigenvalue weighted by atomic mass is 10.1. The average Bonchev–Trinajstić information content (AvgIpc) is 2.75. The molecular weight excluding hydrogens is 187 g/mol. The van der Waals surface area contributed by atoms with E-state index in [1.165, 1.54) is 12.1 Å². The summed E-state index contributed by atoms with van der Waals surface area (Å²) >= 11 is 0. The summed E-state index contributed by atoms with van der Waals surface area (Å²) in [6.07, 6.45) is 1.23. The van der Waals surface area contributed by atoms with Crippen molar-refractivity contribution in [3.05, 3.63) is 23.5 Å². The van der Waals surface area contributed by atoms with Gasteiger partial charge < -0.3 is 14.6 Å². The number of hydrogen-bond acceptors (Lipinski definition) is 3. The highest BCUT2D eigenvalue weighted by Gasteiger charge is 2.45. The monoisotopic (exact) mass is 196 g/mol. The fraction of sp³-hybridized carbons (Fsp3) is 0.400. The van der Waals surface area contributed by atoms with Crippen LogP contribution in [0.5, 0.6) is 11.5 Å². The molecule has 1 aromatic carbocycles. The summed E-state index contributed by atoms with van der Waals surface area (Å²) in [6, 6.07) is 2.80. The Labute approximate surface area is 80.1 Å². The van der Waals surface area contributed by atoms with Crippen molar-refractivity contribution < 1.29 is 19.0 Å². The van der Waals surface area contributed by atoms with E-state index in [-0.39, 0.29) is 6.79 Å². The van der Waals surface area contributed by atoms with Gasteiger partial charge in [-0.05, 0) is 18.9 Å². The van der Waals surface area contributed by atoms with Crippen molar-refractivity contribution in [1.82, 2.24) is 0 Å². The summed E-state index contributed by atoms with van der Waals surface area (Å²) in [5, 5.41) is 9.78. The Hall–Kier alpha value is -1.29. The first-order chi connectivity index (χ1) is 6.69. The fourth-order valence-electron chi connectivity index (χ4n) is 1.66. The zero-order valence-electron chi connectivity index (χ0n) is 7.42. The van der Waals surface area contributed by atoms with Crippen molar-refractivity contribution in [2.75, 3.05) is 6.79 Å². The van der Waals surface area contributed by atoms with Gasteiger partial charge in [0.05, 0.1) is 5.60 Å². The third-order valence-corrected chi connectivity index (χ3v) is 2.69. The molecule has 0 spiro atoms. The van der Waals surface area contributed by atoms with Crippen LogP contribution in [0.1, 0.15) is 18.4 Å². The summed E-state index contributed by atoms with van der Waals surface area (Å²) < 4.78 is 23.6. The molecule has 0 radical (unpaired) electrons. The zero-order chi connectivity index (χ0) is 9.76. The molecule has 1 N–H and O–H groups in total. The highest BCUT2D eigenvalue weighted by molar-refractivity contribution is 5.47. The van der Waals surface area contributed by atoms with E-state index in [2.05, 4.69) is 0 Å². The predicted octanol–water partition coefficient (Wildman–Crippen LogP) is 1.54. The second-order valence-electron chi connectivity index (χ2n) is 3.72. The highest BCUT2D eigenvalue weighted by Crippen LogP contribution is 2.49. The molecule has 3 nitrogen and oxygen atoms in total. The Balaban J connectivity index is 2.13. The molecule has 1 aromatic rings. The summed E-state index contributed by atoms with van der Waals surface area (Å²) in [4.78, 5) is 0. The quantitative estimate of drug-likeness (QED) is 0.740. The third kappa shape index (κ3) is 1.00. The molecule has 1 heterocycles. The second-order valence-corrected chi connectivity index (χ2v) is 3.72. The molecule has 0 saturated heterocycles. The Morgan fingerprint density at radius 3 is 2.50 bits per heavy atom. The van der Waals surface area contributed by atoms with E-state index in [1.54, 1.807) is 0 Å². The maximum Gasteiger partial charge on any atom is 0.231 e. The van der Waals surface area contributed by atoms with E-state index in [9.17, 15) is 9.50 Å². The van der Waals surface area contributed by atoms with Gasteiger partial charge in [-0.15, -0.1) is 0 Å². The Morgan fingerprint density at radius 1 is 1.21 bits per heavy atom. The van der Waals surface area contributed by atoms with Crippen LogP contribution in [0.3, 0.4) is 0 Å². The predicted molar refractivity (Wildman–Crippen MR) is 45.7 cm³/mol. The van der Waals surface area contributed by atoms with Gasteiger partial charge in [-0.1, -0.05) is 0 Å². The SMILES string of the molecule is OC1(c2cc3c(cc2F)OCO3)CC1. The van der Waals surface area contributed by atoms with Gasteiger partial charge in [0.1, 0.15) is 5.82 Å². The summed E-state index contributed by atoms with van der Waals surface area (Å²) in [6.45, 7) is 0.122. The highest BCUT2D eigenvalue weighted by atomic mass is 19.1. The van der Waals surface area contributed by atoms with Crippen molar-refractivity contribution in [1.29, 1.82) is 0 Å². The standard InChI is InChI=1S/C10H9FO3/c11-7-4-9-8(13-5-14-9)3-6(7)10(12)1-2-10/h3-4,12H,1-2,5H2. The van der Waals surface area contributed by atoms with Gasteiger partial charge in [-0.3, -0.25) is 0 Å². The third-order valence-electron chi connectivity index (χ3n) is 2.69. The van der Waals surface area contributed by atoms with Crippen molar-refractivity contribution in [3.8, 4) is 11.5 Å². The van der Waals surface area contributed by atoms with Gasteiger partial charge in [0.25, 0.3) is 0 Å². The first-order valence-electron chi connectivity index (χ1n) is 4.51. The zero-order valence-corrected chi connectivity index (χ0v) is 7.42. The Morgan fingerprint density at radius 2 is 1.86 bits per heavy atom. The van der Waals surface area contributed by atoms with Crippen LogP contribution in [0, 0.1) is 5.82 Å². The van der Waals surface area contributed by atoms with Crippen molar-refractivity contribution >= 4 is 0 Å². The lowest BCUT2D eigenvalue weighted by Crippen LogP contribution is -2.06. The first-order valence-corrected chi connectivity index (χ1v) is 4.51. The van der Waals surface area contributed by atoms with E-state index in [4.69, 9.17) is 9.47 Å². The molecule has 0 aromatic heterocycles. The first kappa shape index (κ1) is 8.05. The maximum absolute atomic E-state index is 13.5. The minimum Gasteiger partial charge on any atom is -0.454 e. The topological polar surface area (TPSA) is 38.7 Å². The van der Waals surface area contributed by atoms with Gasteiger partial charge >= 0.3 is 0 Å². The van der Waals surface area contributed by atoms with E-state index in [1.807, 2.05) is 0 Å². The van der Waals surface area contributed by atoms with Crippen LogP contribution < -0.4 is 9.47 Å². The normalized spacial score (nSPS) is 21.0. The van der Waals surface area contributed by atoms with E-state index in [0.717, 1.165) is 0 Å². The minimum atomic E-state index is -0.967. The molecule has 1 aliphatic heterocycles. The fourth-order valence-corrected chi connectivity index (χ4v) is 1.66. The van der Waals surface area contributed by atoms with Gasteiger partial charge in [-0.25, -0.2) is 4.39 Å². The van der Waals surface area contributed by atoms with Crippen LogP contribution in [0.4, 0.5) is 4.39 Å². The molecule has 0 bridgehead atoms. The average molecular weight is 196 g/mol. The molecule has 1 fully saturated rings. The molecule has 4 heteroatoms. The number of aliphatic hydroxyl groups is 1. The summed E-state index contributed by atoms with van der Waals surface area (Å²) in [5.74, 6) is 0.506. The maximum atomic E-state index is 13.5. The molecule has 1 aliphatic carbocycles. The van der Waals surface area contributed by atoms with Crippen LogP contribution >= 0.6 is 0 Å². The lowest BCUT2D eigenvalue weighted by molar-refractivity contribution is 0.146. The van der Waals surface area contributed by atoms with Crippen LogP contribution in [0.15, 0.2) is 12.1 Å². The molecular formula is C10H9FO3. The van der Waals surface area contributed by atoms with Crippen LogP contribution in [-0.2, 0) is 5.60 Å². The largest absolute Gasteiger partial charge is 0.454 e. The molecule has 2 aliphatic rings. The Bertz CT molecular complexity index is 399. The van der Waals surface area contributed by atoms with Crippen molar-refractivity contribution in [3.63, 3.8) is 0 Å². The molecule has 0 amide bonds. The van der Waals surface area contributed by atoms with Gasteiger partial charge in [0.2, 0.25) is 6.79 Å². The summed E-state index contributed by atoms with van der Waals surface area (Å²) in [5.41, 5.74) is -0.646. The molecule has 0 atom stereocenters. The number of rotatable bonds is 1. The molecule has 3 rings (SSSR count). The number of benzene rings is 1. The van der Waals surface area contributed by atoms with Crippen molar-refractivity contribution in [2.24, 2.45) is 0 Å². The van der Waals surface area contributed by atoms with Crippen LogP contribution in [0.2, 0.25) is 0 Å². The van der Waals surface area contributed by atoms with Gasteiger partial charge in [0.15, 0.2) is 11.5 Å². The van der Waals surface area contributed by atoms with Gasteiger partial charge in [0, 0.05) is 11.6 Å². The smallest absolute Gasteiger partial charge is 0.231 e. The Kier molecular flexibility index (Phi) is 1.37. The second kappa shape index (κ2) is 2.39.